The van der Waals surface area contributed by atoms with Crippen LogP contribution in [0.5, 0.6) is 5.75 Å². The average Bonchev–Trinajstić information content (AvgIpc) is 2.99. The number of aromatic nitrogens is 1. The van der Waals surface area contributed by atoms with Gasteiger partial charge in [-0.25, -0.2) is 13.4 Å². The number of anilines is 3. The molecular formula is C29H33ClN4O9S. The zero-order valence-electron chi connectivity index (χ0n) is 23.9. The smallest absolute Gasteiger partial charge is 0.253 e. The predicted molar refractivity (Wildman–Crippen MR) is 167 cm³/mol. The largest absolute Gasteiger partial charge is 0.494 e. The summed E-state index contributed by atoms with van der Waals surface area (Å²) >= 11 is 0. The third-order valence-corrected chi connectivity index (χ3v) is 7.74. The van der Waals surface area contributed by atoms with Gasteiger partial charge >= 0.3 is 0 Å². The van der Waals surface area contributed by atoms with E-state index in [1.807, 2.05) is 18.2 Å². The van der Waals surface area contributed by atoms with Crippen LogP contribution in [0.15, 0.2) is 60.7 Å². The fourth-order valence-corrected chi connectivity index (χ4v) is 5.66. The summed E-state index contributed by atoms with van der Waals surface area (Å²) in [5, 5.41) is 38.0. The molecule has 0 aliphatic carbocycles. The fourth-order valence-electron chi connectivity index (χ4n) is 5.10. The number of sulfonamides is 1. The zero-order valence-corrected chi connectivity index (χ0v) is 25.6. The number of carbonyl (C=O) groups excluding carboxylic acids is 1. The first-order valence-corrected chi connectivity index (χ1v) is 15.1. The second-order valence-corrected chi connectivity index (χ2v) is 11.8. The van der Waals surface area contributed by atoms with Crippen LogP contribution in [0.25, 0.3) is 21.8 Å². The van der Waals surface area contributed by atoms with Gasteiger partial charge in [0, 0.05) is 23.9 Å². The van der Waals surface area contributed by atoms with E-state index >= 15 is 0 Å². The monoisotopic (exact) mass is 648 g/mol. The topological polar surface area (TPSA) is 189 Å². The van der Waals surface area contributed by atoms with Crippen LogP contribution >= 0.6 is 12.4 Å². The van der Waals surface area contributed by atoms with Crippen molar-refractivity contribution in [3.05, 3.63) is 66.2 Å². The Morgan fingerprint density at radius 3 is 2.43 bits per heavy atom. The average molecular weight is 649 g/mol. The maximum absolute atomic E-state index is 13.6. The van der Waals surface area contributed by atoms with E-state index in [0.717, 1.165) is 11.6 Å². The van der Waals surface area contributed by atoms with Gasteiger partial charge in [0.1, 0.15) is 30.1 Å². The molecule has 0 spiro atoms. The molecule has 44 heavy (non-hydrogen) atoms. The Kier molecular flexibility index (Phi) is 10.2. The van der Waals surface area contributed by atoms with Gasteiger partial charge in [0.25, 0.3) is 5.91 Å². The molecule has 15 heteroatoms. The number of methoxy groups -OCH3 is 2. The summed E-state index contributed by atoms with van der Waals surface area (Å²) in [6.07, 6.45) is -4.09. The van der Waals surface area contributed by atoms with Gasteiger partial charge in [-0.3, -0.25) is 9.52 Å². The normalized spacial score (nSPS) is 21.8. The van der Waals surface area contributed by atoms with Gasteiger partial charge in [-0.15, -0.1) is 12.4 Å². The summed E-state index contributed by atoms with van der Waals surface area (Å²) in [5.74, 6) is -0.231. The van der Waals surface area contributed by atoms with Crippen molar-refractivity contribution < 1.29 is 42.7 Å². The molecule has 1 aromatic heterocycles. The summed E-state index contributed by atoms with van der Waals surface area (Å²) in [4.78, 5) is 18.4. The predicted octanol–water partition coefficient (Wildman–Crippen LogP) is 2.12. The third kappa shape index (κ3) is 6.66. The lowest BCUT2D eigenvalue weighted by atomic mass is 9.96. The molecule has 2 heterocycles. The highest BCUT2D eigenvalue weighted by Crippen LogP contribution is 2.38. The maximum atomic E-state index is 13.6. The number of hydrogen-bond acceptors (Lipinski definition) is 11. The maximum Gasteiger partial charge on any atom is 0.253 e. The molecule has 0 bridgehead atoms. The number of aliphatic hydroxyl groups is 3. The van der Waals surface area contributed by atoms with Crippen molar-refractivity contribution in [3.63, 3.8) is 0 Å². The van der Waals surface area contributed by atoms with Crippen LogP contribution < -0.4 is 20.1 Å². The minimum Gasteiger partial charge on any atom is -0.494 e. The lowest BCUT2D eigenvalue weighted by molar-refractivity contribution is -0.261. The van der Waals surface area contributed by atoms with Gasteiger partial charge in [0.15, 0.2) is 6.29 Å². The number of benzene rings is 3. The molecule has 3 aromatic carbocycles. The molecule has 1 fully saturated rings. The van der Waals surface area contributed by atoms with E-state index in [9.17, 15) is 28.5 Å². The van der Waals surface area contributed by atoms with Gasteiger partial charge in [-0.05, 0) is 24.3 Å². The SMILES string of the molecule is COc1cc(NS(C)(=O)=O)ccc1Nc1c2ccccc2nc2c(C(=O)N[C@H]3[C@@H](OC)O[C@H](CO)[C@@H](O)[C@@H]3O)cccc12.Cl. The summed E-state index contributed by atoms with van der Waals surface area (Å²) < 4.78 is 42.2. The summed E-state index contributed by atoms with van der Waals surface area (Å²) in [7, 11) is -0.711. The van der Waals surface area contributed by atoms with Crippen molar-refractivity contribution in [2.24, 2.45) is 0 Å². The second kappa shape index (κ2) is 13.5. The summed E-state index contributed by atoms with van der Waals surface area (Å²) in [6.45, 7) is -0.545. The summed E-state index contributed by atoms with van der Waals surface area (Å²) in [5.41, 5.74) is 2.61. The molecule has 0 radical (unpaired) electrons. The van der Waals surface area contributed by atoms with Gasteiger partial charge in [-0.2, -0.15) is 0 Å². The summed E-state index contributed by atoms with van der Waals surface area (Å²) in [6, 6.07) is 16.1. The van der Waals surface area contributed by atoms with Crippen LogP contribution in [0.3, 0.4) is 0 Å². The number of aliphatic hydroxyl groups excluding tert-OH is 3. The van der Waals surface area contributed by atoms with Crippen LogP contribution in [-0.4, -0.2) is 92.4 Å². The van der Waals surface area contributed by atoms with E-state index in [1.54, 1.807) is 42.5 Å². The van der Waals surface area contributed by atoms with E-state index in [2.05, 4.69) is 15.4 Å². The molecule has 4 aromatic rings. The molecule has 1 saturated heterocycles. The van der Waals surface area contributed by atoms with Crippen molar-refractivity contribution in [2.75, 3.05) is 37.1 Å². The van der Waals surface area contributed by atoms with Gasteiger partial charge in [0.05, 0.1) is 53.6 Å². The van der Waals surface area contributed by atoms with Gasteiger partial charge in [-0.1, -0.05) is 30.3 Å². The van der Waals surface area contributed by atoms with Crippen LogP contribution in [-0.2, 0) is 19.5 Å². The Morgan fingerprint density at radius 2 is 1.75 bits per heavy atom. The third-order valence-electron chi connectivity index (χ3n) is 7.13. The minimum atomic E-state index is -3.50. The standard InChI is InChI=1S/C29H32N4O9S.ClH/c1-40-21-13-15(33-43(3,38)39)11-12-20(21)31-23-16-7-4-5-10-19(16)30-24-17(23)8-6-9-18(24)28(37)32-25-27(36)26(35)22(14-34)42-29(25)41-2;/h4-13,22,25-27,29,33-36H,14H2,1-3H3,(H,30,31)(H,32,37);1H/t22-,25-,26-,27-,29+;/m1./s1. The molecule has 1 amide bonds. The Balaban J connectivity index is 0.00000442. The second-order valence-electron chi connectivity index (χ2n) is 10.1. The number of nitrogens with zero attached hydrogens (tertiary/aromatic N) is 1. The Bertz CT molecular complexity index is 1770. The molecule has 1 aliphatic heterocycles. The van der Waals surface area contributed by atoms with E-state index < -0.39 is 53.2 Å². The molecular weight excluding hydrogens is 616 g/mol. The van der Waals surface area contributed by atoms with Crippen LogP contribution in [0.1, 0.15) is 10.4 Å². The lowest BCUT2D eigenvalue weighted by Crippen LogP contribution is -2.64. The number of nitrogens with one attached hydrogen (secondary N) is 3. The first-order valence-electron chi connectivity index (χ1n) is 13.2. The number of para-hydroxylation sites is 2. The van der Waals surface area contributed by atoms with Crippen LogP contribution in [0.2, 0.25) is 0 Å². The minimum absolute atomic E-state index is 0. The van der Waals surface area contributed by atoms with Crippen molar-refractivity contribution in [1.29, 1.82) is 0 Å². The number of amides is 1. The quantitative estimate of drug-likeness (QED) is 0.146. The van der Waals surface area contributed by atoms with Crippen molar-refractivity contribution in [1.82, 2.24) is 10.3 Å². The highest BCUT2D eigenvalue weighted by Gasteiger charge is 2.45. The number of pyridine rings is 1. The first kappa shape index (κ1) is 33.1. The van der Waals surface area contributed by atoms with E-state index in [4.69, 9.17) is 19.2 Å². The number of hydrogen-bond donors (Lipinski definition) is 6. The van der Waals surface area contributed by atoms with Crippen molar-refractivity contribution in [3.8, 4) is 5.75 Å². The molecule has 236 valence electrons. The van der Waals surface area contributed by atoms with E-state index in [1.165, 1.54) is 14.2 Å². The number of carbonyl (C=O) groups is 1. The fraction of sp³-hybridized carbons (Fsp3) is 0.310. The molecule has 1 aliphatic rings. The highest BCUT2D eigenvalue weighted by atomic mass is 35.5. The van der Waals surface area contributed by atoms with Crippen LogP contribution in [0, 0.1) is 0 Å². The molecule has 5 atom stereocenters. The Labute approximate surface area is 259 Å². The zero-order chi connectivity index (χ0) is 30.9. The van der Waals surface area contributed by atoms with E-state index in [-0.39, 0.29) is 18.0 Å². The molecule has 0 unspecified atom stereocenters. The number of fused-ring (bicyclic) bond motifs is 2. The van der Waals surface area contributed by atoms with Gasteiger partial charge in [0.2, 0.25) is 10.0 Å². The van der Waals surface area contributed by atoms with Crippen molar-refractivity contribution >= 4 is 67.2 Å². The molecule has 5 rings (SSSR count). The van der Waals surface area contributed by atoms with E-state index in [0.29, 0.717) is 39.2 Å². The number of ether oxygens (including phenoxy) is 3. The lowest BCUT2D eigenvalue weighted by Gasteiger charge is -2.41. The van der Waals surface area contributed by atoms with Gasteiger partial charge < -0.3 is 40.2 Å². The highest BCUT2D eigenvalue weighted by molar-refractivity contribution is 7.92. The Hall–Kier alpha value is -3.76. The Morgan fingerprint density at radius 1 is 1.02 bits per heavy atom. The van der Waals surface area contributed by atoms with Crippen molar-refractivity contribution in [2.45, 2.75) is 30.6 Å². The first-order chi connectivity index (χ1) is 20.5. The van der Waals surface area contributed by atoms with Crippen LogP contribution in [0.4, 0.5) is 17.1 Å². The number of halogens is 1. The molecule has 0 saturated carbocycles. The molecule has 6 N–H and O–H groups in total. The number of rotatable bonds is 9. The molecule has 13 nitrogen and oxygen atoms in total.